The summed E-state index contributed by atoms with van der Waals surface area (Å²) in [5.74, 6) is 0.214. The number of amides is 1. The number of nitrogens with zero attached hydrogens (tertiary/aromatic N) is 1. The molecule has 0 radical (unpaired) electrons. The molecule has 2 aromatic carbocycles. The van der Waals surface area contributed by atoms with Gasteiger partial charge in [-0.05, 0) is 35.9 Å². The van der Waals surface area contributed by atoms with Crippen molar-refractivity contribution in [1.29, 1.82) is 5.26 Å². The molecule has 0 aromatic heterocycles. The van der Waals surface area contributed by atoms with Gasteiger partial charge in [0.25, 0.3) is 5.91 Å². The summed E-state index contributed by atoms with van der Waals surface area (Å²) in [6.07, 6.45) is 1.40. The average molecular weight is 324 g/mol. The second kappa shape index (κ2) is 6.84. The molecular weight excluding hydrogens is 311 g/mol. The van der Waals surface area contributed by atoms with Crippen molar-refractivity contribution >= 4 is 17.7 Å². The predicted octanol–water partition coefficient (Wildman–Crippen LogP) is 3.14. The molecule has 0 fully saturated rings. The van der Waals surface area contributed by atoms with Crippen LogP contribution >= 0.6 is 0 Å². The van der Waals surface area contributed by atoms with E-state index >= 15 is 0 Å². The van der Waals surface area contributed by atoms with Gasteiger partial charge in [0, 0.05) is 11.8 Å². The van der Waals surface area contributed by atoms with Crippen molar-refractivity contribution in [2.75, 3.05) is 18.5 Å². The Morgan fingerprint density at radius 3 is 2.54 bits per heavy atom. The van der Waals surface area contributed by atoms with E-state index in [4.69, 9.17) is 9.47 Å². The fourth-order valence-electron chi connectivity index (χ4n) is 2.19. The molecule has 1 heterocycles. The van der Waals surface area contributed by atoms with Crippen LogP contribution in [-0.2, 0) is 4.79 Å². The minimum absolute atomic E-state index is 0.0866. The molecule has 1 aliphatic rings. The Labute approximate surface area is 137 Å². The van der Waals surface area contributed by atoms with Crippen LogP contribution in [0.1, 0.15) is 5.56 Å². The highest BCUT2D eigenvalue weighted by Crippen LogP contribution is 2.32. The minimum atomic E-state index is -0.557. The van der Waals surface area contributed by atoms with E-state index in [0.29, 0.717) is 36.0 Å². The van der Waals surface area contributed by atoms with Crippen molar-refractivity contribution in [3.63, 3.8) is 0 Å². The Hall–Kier alpha value is -3.33. The zero-order chi connectivity index (χ0) is 16.9. The van der Waals surface area contributed by atoms with Crippen molar-refractivity contribution in [3.05, 3.63) is 59.4 Å². The third-order valence-corrected chi connectivity index (χ3v) is 3.35. The molecule has 1 N–H and O–H groups in total. The molecule has 0 bridgehead atoms. The lowest BCUT2D eigenvalue weighted by atomic mass is 10.1. The highest BCUT2D eigenvalue weighted by molar-refractivity contribution is 6.09. The molecule has 2 aromatic rings. The molecular formula is C18H13FN2O3. The molecule has 5 nitrogen and oxygen atoms in total. The second-order valence-corrected chi connectivity index (χ2v) is 5.03. The van der Waals surface area contributed by atoms with Crippen LogP contribution in [-0.4, -0.2) is 19.1 Å². The SMILES string of the molecule is N#CC(=Cc1ccc(F)cc1)C(=O)Nc1ccc2c(c1)OCCO2. The van der Waals surface area contributed by atoms with Crippen molar-refractivity contribution in [2.45, 2.75) is 0 Å². The molecule has 0 saturated heterocycles. The first-order chi connectivity index (χ1) is 11.7. The van der Waals surface area contributed by atoms with E-state index in [1.54, 1.807) is 18.2 Å². The Kier molecular flexibility index (Phi) is 4.43. The van der Waals surface area contributed by atoms with E-state index < -0.39 is 5.91 Å². The minimum Gasteiger partial charge on any atom is -0.486 e. The van der Waals surface area contributed by atoms with Gasteiger partial charge >= 0.3 is 0 Å². The lowest BCUT2D eigenvalue weighted by Gasteiger charge is -2.18. The van der Waals surface area contributed by atoms with Gasteiger partial charge < -0.3 is 14.8 Å². The highest BCUT2D eigenvalue weighted by atomic mass is 19.1. The molecule has 1 aliphatic heterocycles. The predicted molar refractivity (Wildman–Crippen MR) is 86.1 cm³/mol. The van der Waals surface area contributed by atoms with Gasteiger partial charge in [-0.1, -0.05) is 12.1 Å². The molecule has 0 saturated carbocycles. The smallest absolute Gasteiger partial charge is 0.266 e. The van der Waals surface area contributed by atoms with E-state index in [0.717, 1.165) is 0 Å². The largest absolute Gasteiger partial charge is 0.486 e. The number of nitrogens with one attached hydrogen (secondary N) is 1. The monoisotopic (exact) mass is 324 g/mol. The summed E-state index contributed by atoms with van der Waals surface area (Å²) in [7, 11) is 0. The normalized spacial score (nSPS) is 13.1. The van der Waals surface area contributed by atoms with Crippen molar-refractivity contribution in [1.82, 2.24) is 0 Å². The summed E-state index contributed by atoms with van der Waals surface area (Å²) < 4.78 is 23.8. The number of anilines is 1. The number of fused-ring (bicyclic) bond motifs is 1. The Morgan fingerprint density at radius 2 is 1.83 bits per heavy atom. The van der Waals surface area contributed by atoms with Crippen LogP contribution in [0.4, 0.5) is 10.1 Å². The zero-order valence-electron chi connectivity index (χ0n) is 12.6. The number of carbonyl (C=O) groups is 1. The number of hydrogen-bond acceptors (Lipinski definition) is 4. The summed E-state index contributed by atoms with van der Waals surface area (Å²) in [6, 6.07) is 12.4. The maximum absolute atomic E-state index is 12.9. The van der Waals surface area contributed by atoms with Crippen LogP contribution in [0.2, 0.25) is 0 Å². The maximum Gasteiger partial charge on any atom is 0.266 e. The van der Waals surface area contributed by atoms with E-state index in [2.05, 4.69) is 5.32 Å². The summed E-state index contributed by atoms with van der Waals surface area (Å²) in [6.45, 7) is 0.927. The third kappa shape index (κ3) is 3.52. The van der Waals surface area contributed by atoms with Gasteiger partial charge in [0.15, 0.2) is 11.5 Å². The van der Waals surface area contributed by atoms with E-state index in [9.17, 15) is 14.4 Å². The van der Waals surface area contributed by atoms with Gasteiger partial charge in [-0.15, -0.1) is 0 Å². The van der Waals surface area contributed by atoms with Gasteiger partial charge in [0.05, 0.1) is 0 Å². The number of carbonyl (C=O) groups excluding carboxylic acids is 1. The van der Waals surface area contributed by atoms with E-state index in [-0.39, 0.29) is 11.4 Å². The van der Waals surface area contributed by atoms with Crippen LogP contribution in [0.25, 0.3) is 6.08 Å². The highest BCUT2D eigenvalue weighted by Gasteiger charge is 2.14. The van der Waals surface area contributed by atoms with Gasteiger partial charge in [-0.3, -0.25) is 4.79 Å². The fourth-order valence-corrected chi connectivity index (χ4v) is 2.19. The maximum atomic E-state index is 12.9. The summed E-state index contributed by atoms with van der Waals surface area (Å²) in [4.78, 5) is 12.2. The van der Waals surface area contributed by atoms with Crippen LogP contribution in [0.3, 0.4) is 0 Å². The number of hydrogen-bond donors (Lipinski definition) is 1. The van der Waals surface area contributed by atoms with Crippen LogP contribution in [0.5, 0.6) is 11.5 Å². The lowest BCUT2D eigenvalue weighted by Crippen LogP contribution is -2.17. The number of benzene rings is 2. The van der Waals surface area contributed by atoms with Crippen molar-refractivity contribution < 1.29 is 18.7 Å². The van der Waals surface area contributed by atoms with Crippen LogP contribution in [0.15, 0.2) is 48.0 Å². The molecule has 1 amide bonds. The van der Waals surface area contributed by atoms with Crippen molar-refractivity contribution in [2.24, 2.45) is 0 Å². The molecule has 0 spiro atoms. The molecule has 0 atom stereocenters. The lowest BCUT2D eigenvalue weighted by molar-refractivity contribution is -0.112. The van der Waals surface area contributed by atoms with E-state index in [1.807, 2.05) is 6.07 Å². The second-order valence-electron chi connectivity index (χ2n) is 5.03. The zero-order valence-corrected chi connectivity index (χ0v) is 12.6. The Bertz CT molecular complexity index is 838. The topological polar surface area (TPSA) is 71.4 Å². The number of halogens is 1. The average Bonchev–Trinajstić information content (AvgIpc) is 2.61. The molecule has 0 aliphatic carbocycles. The summed E-state index contributed by atoms with van der Waals surface area (Å²) in [5.41, 5.74) is 0.964. The van der Waals surface area contributed by atoms with Crippen molar-refractivity contribution in [3.8, 4) is 17.6 Å². The van der Waals surface area contributed by atoms with E-state index in [1.165, 1.54) is 30.3 Å². The first-order valence-corrected chi connectivity index (χ1v) is 7.24. The quantitative estimate of drug-likeness (QED) is 0.695. The van der Waals surface area contributed by atoms with Gasteiger partial charge in [-0.25, -0.2) is 4.39 Å². The van der Waals surface area contributed by atoms with Gasteiger partial charge in [0.1, 0.15) is 30.7 Å². The number of ether oxygens (including phenoxy) is 2. The molecule has 6 heteroatoms. The molecule has 0 unspecified atom stereocenters. The Balaban J connectivity index is 1.77. The first kappa shape index (κ1) is 15.6. The van der Waals surface area contributed by atoms with Crippen LogP contribution in [0, 0.1) is 17.1 Å². The Morgan fingerprint density at radius 1 is 1.12 bits per heavy atom. The van der Waals surface area contributed by atoms with Gasteiger partial charge in [-0.2, -0.15) is 5.26 Å². The first-order valence-electron chi connectivity index (χ1n) is 7.24. The van der Waals surface area contributed by atoms with Gasteiger partial charge in [0.2, 0.25) is 0 Å². The molecule has 120 valence electrons. The third-order valence-electron chi connectivity index (χ3n) is 3.35. The number of rotatable bonds is 3. The molecule has 3 rings (SSSR count). The summed E-state index contributed by atoms with van der Waals surface area (Å²) in [5, 5.41) is 11.8. The standard InChI is InChI=1S/C18H13FN2O3/c19-14-3-1-12(2-4-14)9-13(11-20)18(22)21-15-5-6-16-17(10-15)24-8-7-23-16/h1-6,9-10H,7-8H2,(H,21,22). The summed E-state index contributed by atoms with van der Waals surface area (Å²) >= 11 is 0. The fraction of sp³-hybridized carbons (Fsp3) is 0.111. The number of nitriles is 1. The van der Waals surface area contributed by atoms with Crippen LogP contribution < -0.4 is 14.8 Å². The molecule has 24 heavy (non-hydrogen) atoms.